The zero-order chi connectivity index (χ0) is 18.6. The minimum absolute atomic E-state index is 0.0277. The van der Waals surface area contributed by atoms with Crippen LogP contribution < -0.4 is 27.6 Å². The third-order valence-corrected chi connectivity index (χ3v) is 6.29. The third kappa shape index (κ3) is 2.77. The van der Waals surface area contributed by atoms with E-state index in [-0.39, 0.29) is 17.8 Å². The molecule has 26 heavy (non-hydrogen) atoms. The topological polar surface area (TPSA) is 84.1 Å². The first kappa shape index (κ1) is 17.7. The van der Waals surface area contributed by atoms with E-state index in [1.54, 1.807) is 4.57 Å². The number of piperidine rings is 1. The number of nitrogens with two attached hydrogens (primary N) is 1. The van der Waals surface area contributed by atoms with E-state index in [0.29, 0.717) is 23.0 Å². The van der Waals surface area contributed by atoms with Crippen LogP contribution in [0.3, 0.4) is 0 Å². The van der Waals surface area contributed by atoms with Gasteiger partial charge in [0.2, 0.25) is 0 Å². The molecule has 0 aromatic carbocycles. The van der Waals surface area contributed by atoms with Gasteiger partial charge >= 0.3 is 5.69 Å². The molecule has 0 radical (unpaired) electrons. The first-order valence-corrected chi connectivity index (χ1v) is 9.63. The maximum absolute atomic E-state index is 15.1. The molecule has 1 saturated heterocycles. The van der Waals surface area contributed by atoms with Gasteiger partial charge in [0.1, 0.15) is 6.17 Å². The van der Waals surface area contributed by atoms with Gasteiger partial charge in [-0.25, -0.2) is 9.18 Å². The lowest BCUT2D eigenvalue weighted by molar-refractivity contribution is 0.107. The molecule has 3 aliphatic rings. The predicted molar refractivity (Wildman–Crippen MR) is 99.0 cm³/mol. The molecule has 2 heterocycles. The molecular weight excluding hydrogens is 335 g/mol. The molecule has 2 fully saturated rings. The largest absolute Gasteiger partial charge is 0.329 e. The smallest absolute Gasteiger partial charge is 0.326 e. The number of halogens is 1. The number of hydrogen-bond donors (Lipinski definition) is 2. The summed E-state index contributed by atoms with van der Waals surface area (Å²) in [5, 5.41) is 0.914. The molecule has 1 aromatic rings. The maximum atomic E-state index is 15.1. The van der Waals surface area contributed by atoms with Crippen LogP contribution in [0.25, 0.3) is 11.6 Å². The highest BCUT2D eigenvalue weighted by molar-refractivity contribution is 5.56. The highest BCUT2D eigenvalue weighted by atomic mass is 19.1. The Morgan fingerprint density at radius 2 is 2.04 bits per heavy atom. The van der Waals surface area contributed by atoms with Crippen LogP contribution >= 0.6 is 0 Å². The summed E-state index contributed by atoms with van der Waals surface area (Å²) in [4.78, 5) is 29.1. The van der Waals surface area contributed by atoms with Crippen LogP contribution in [0.4, 0.5) is 4.39 Å². The Morgan fingerprint density at radius 1 is 1.31 bits per heavy atom. The zero-order valence-corrected chi connectivity index (χ0v) is 15.4. The van der Waals surface area contributed by atoms with Gasteiger partial charge in [-0.05, 0) is 50.3 Å². The lowest BCUT2D eigenvalue weighted by atomic mass is 9.87. The minimum atomic E-state index is -1.28. The summed E-state index contributed by atoms with van der Waals surface area (Å²) in [6.07, 6.45) is 3.93. The molecule has 4 atom stereocenters. The fourth-order valence-electron chi connectivity index (χ4n) is 4.72. The Labute approximate surface area is 151 Å². The van der Waals surface area contributed by atoms with E-state index in [4.69, 9.17) is 5.73 Å². The van der Waals surface area contributed by atoms with Crippen LogP contribution in [-0.4, -0.2) is 45.8 Å². The van der Waals surface area contributed by atoms with Gasteiger partial charge < -0.3 is 5.73 Å². The van der Waals surface area contributed by atoms with Gasteiger partial charge in [0.15, 0.2) is 0 Å². The first-order chi connectivity index (χ1) is 12.4. The predicted octanol–water partition coefficient (Wildman–Crippen LogP) is -0.398. The number of aromatic amines is 1. The summed E-state index contributed by atoms with van der Waals surface area (Å²) < 4.78 is 16.8. The van der Waals surface area contributed by atoms with Gasteiger partial charge in [0, 0.05) is 18.6 Å². The number of nitrogens with one attached hydrogen (secondary N) is 1. The fraction of sp³-hybridized carbons (Fsp3) is 0.684. The number of likely N-dealkylation sites (tertiary alicyclic amines) is 1. The van der Waals surface area contributed by atoms with Crippen molar-refractivity contribution in [2.75, 3.05) is 13.1 Å². The lowest BCUT2D eigenvalue weighted by Gasteiger charge is -2.42. The summed E-state index contributed by atoms with van der Waals surface area (Å²) in [7, 11) is 0. The van der Waals surface area contributed by atoms with Crippen molar-refractivity contribution in [3.05, 3.63) is 31.4 Å². The number of nitrogens with zero attached hydrogens (tertiary/aromatic N) is 2. The molecular formula is C19H27FN4O2. The Kier molecular flexibility index (Phi) is 4.39. The second kappa shape index (κ2) is 6.46. The van der Waals surface area contributed by atoms with E-state index < -0.39 is 17.8 Å². The molecule has 142 valence electrons. The highest BCUT2D eigenvalue weighted by Crippen LogP contribution is 2.32. The molecule has 3 N–H and O–H groups in total. The van der Waals surface area contributed by atoms with E-state index >= 15 is 4.39 Å². The monoisotopic (exact) mass is 362 g/mol. The zero-order valence-electron chi connectivity index (χ0n) is 15.4. The Balaban J connectivity index is 1.84. The van der Waals surface area contributed by atoms with Crippen molar-refractivity contribution < 1.29 is 4.39 Å². The van der Waals surface area contributed by atoms with E-state index in [1.807, 2.05) is 6.92 Å². The van der Waals surface area contributed by atoms with Crippen LogP contribution in [0.1, 0.15) is 45.6 Å². The van der Waals surface area contributed by atoms with Crippen molar-refractivity contribution in [2.45, 2.75) is 63.8 Å². The number of H-pyrrole nitrogens is 1. The van der Waals surface area contributed by atoms with Crippen molar-refractivity contribution in [2.24, 2.45) is 11.7 Å². The Morgan fingerprint density at radius 3 is 2.65 bits per heavy atom. The molecule has 7 heteroatoms. The number of alkyl halides is 1. The molecule has 0 amide bonds. The SMILES string of the molecule is CCC1CCN(C2C(C)=c3c(c(=O)[nH]c(=O)n3C3CC3)=CC2F)CC1N. The van der Waals surface area contributed by atoms with Gasteiger partial charge in [0.25, 0.3) is 5.56 Å². The van der Waals surface area contributed by atoms with Crippen molar-refractivity contribution >= 4 is 11.6 Å². The molecule has 2 aliphatic carbocycles. The lowest BCUT2D eigenvalue weighted by Crippen LogP contribution is -2.62. The minimum Gasteiger partial charge on any atom is -0.326 e. The number of aromatic nitrogens is 2. The Bertz CT molecular complexity index is 946. The molecule has 6 nitrogen and oxygen atoms in total. The van der Waals surface area contributed by atoms with Gasteiger partial charge in [0.05, 0.1) is 16.6 Å². The molecule has 4 rings (SSSR count). The van der Waals surface area contributed by atoms with Gasteiger partial charge in [-0.15, -0.1) is 0 Å². The number of rotatable bonds is 3. The van der Waals surface area contributed by atoms with Crippen LogP contribution in [0.15, 0.2) is 9.59 Å². The van der Waals surface area contributed by atoms with Crippen LogP contribution in [-0.2, 0) is 0 Å². The molecule has 4 unspecified atom stereocenters. The van der Waals surface area contributed by atoms with E-state index in [0.717, 1.165) is 37.8 Å². The third-order valence-electron chi connectivity index (χ3n) is 6.29. The Hall–Kier alpha value is -1.73. The van der Waals surface area contributed by atoms with Crippen LogP contribution in [0, 0.1) is 5.92 Å². The van der Waals surface area contributed by atoms with Crippen molar-refractivity contribution in [3.63, 3.8) is 0 Å². The molecule has 1 saturated carbocycles. The van der Waals surface area contributed by atoms with Crippen LogP contribution in [0.5, 0.6) is 0 Å². The fourth-order valence-corrected chi connectivity index (χ4v) is 4.72. The van der Waals surface area contributed by atoms with Gasteiger partial charge in [-0.2, -0.15) is 0 Å². The van der Waals surface area contributed by atoms with Crippen molar-refractivity contribution in [1.82, 2.24) is 14.5 Å². The summed E-state index contributed by atoms with van der Waals surface area (Å²) >= 11 is 0. The summed E-state index contributed by atoms with van der Waals surface area (Å²) in [6, 6.07) is -0.321. The average molecular weight is 362 g/mol. The average Bonchev–Trinajstić information content (AvgIpc) is 3.41. The quantitative estimate of drug-likeness (QED) is 0.767. The van der Waals surface area contributed by atoms with Crippen LogP contribution in [0.2, 0.25) is 0 Å². The standard InChI is InChI=1S/C19H27FN4O2/c1-3-11-6-7-23(9-15(11)21)17-10(2)16-13(8-14(17)20)18(25)22-19(26)24(16)12-4-5-12/h8,11-12,14-15,17H,3-7,9,21H2,1-2H3,(H,22,25,26). The second-order valence-electron chi connectivity index (χ2n) is 7.98. The molecule has 1 aromatic heterocycles. The van der Waals surface area contributed by atoms with Crippen molar-refractivity contribution in [3.8, 4) is 0 Å². The number of fused-ring (bicyclic) bond motifs is 1. The van der Waals surface area contributed by atoms with E-state index in [1.165, 1.54) is 6.08 Å². The van der Waals surface area contributed by atoms with Gasteiger partial charge in [-0.3, -0.25) is 19.2 Å². The second-order valence-corrected chi connectivity index (χ2v) is 7.98. The molecule has 0 spiro atoms. The van der Waals surface area contributed by atoms with Gasteiger partial charge in [-0.1, -0.05) is 13.3 Å². The summed E-state index contributed by atoms with van der Waals surface area (Å²) in [6.45, 7) is 5.43. The normalized spacial score (nSPS) is 32.2. The summed E-state index contributed by atoms with van der Waals surface area (Å²) in [5.41, 5.74) is 6.20. The number of hydrogen-bond acceptors (Lipinski definition) is 4. The highest BCUT2D eigenvalue weighted by Gasteiger charge is 2.37. The van der Waals surface area contributed by atoms with E-state index in [9.17, 15) is 9.59 Å². The maximum Gasteiger partial charge on any atom is 0.329 e. The summed E-state index contributed by atoms with van der Waals surface area (Å²) in [5.74, 6) is 0.469. The molecule has 1 aliphatic heterocycles. The van der Waals surface area contributed by atoms with Crippen molar-refractivity contribution in [1.29, 1.82) is 0 Å². The first-order valence-electron chi connectivity index (χ1n) is 9.63. The van der Waals surface area contributed by atoms with E-state index in [2.05, 4.69) is 16.8 Å². The molecule has 0 bridgehead atoms.